The molecule has 2 aromatic carbocycles. The van der Waals surface area contributed by atoms with E-state index >= 15 is 0 Å². The number of rotatable bonds is 4. The van der Waals surface area contributed by atoms with Gasteiger partial charge < -0.3 is 9.72 Å². The number of hydrogen-bond donors (Lipinski definition) is 1. The number of ketones is 1. The average Bonchev–Trinajstić information content (AvgIpc) is 3.22. The zero-order valence-corrected chi connectivity index (χ0v) is 14.8. The van der Waals surface area contributed by atoms with Crippen LogP contribution in [0.15, 0.2) is 59.2 Å². The van der Waals surface area contributed by atoms with Gasteiger partial charge in [0.1, 0.15) is 5.69 Å². The Morgan fingerprint density at radius 3 is 2.64 bits per heavy atom. The maximum Gasteiger partial charge on any atom is 0.355 e. The molecule has 0 amide bonds. The summed E-state index contributed by atoms with van der Waals surface area (Å²) in [6, 6.07) is 15.5. The zero-order valence-electron chi connectivity index (χ0n) is 13.2. The number of carbonyl (C=O) groups is 2. The summed E-state index contributed by atoms with van der Waals surface area (Å²) in [5, 5.41) is 0. The number of esters is 1. The summed E-state index contributed by atoms with van der Waals surface area (Å²) >= 11 is 3.25. The second-order valence-electron chi connectivity index (χ2n) is 5.94. The summed E-state index contributed by atoms with van der Waals surface area (Å²) in [4.78, 5) is 27.1. The highest BCUT2D eigenvalue weighted by Crippen LogP contribution is 2.36. The lowest BCUT2D eigenvalue weighted by Gasteiger charge is -2.06. The summed E-state index contributed by atoms with van der Waals surface area (Å²) in [5.74, 6) is -0.767. The van der Waals surface area contributed by atoms with Gasteiger partial charge in [-0.25, -0.2) is 4.79 Å². The fraction of sp³-hybridized carbons (Fsp3) is 0.100. The molecular weight excluding hydrogens is 382 g/mol. The number of aromatic nitrogens is 1. The van der Waals surface area contributed by atoms with Gasteiger partial charge in [-0.2, -0.15) is 0 Å². The lowest BCUT2D eigenvalue weighted by molar-refractivity contribution is 0.0469. The van der Waals surface area contributed by atoms with Crippen LogP contribution in [-0.4, -0.2) is 23.3 Å². The Morgan fingerprint density at radius 1 is 1.04 bits per heavy atom. The van der Waals surface area contributed by atoms with Gasteiger partial charge in [0.05, 0.1) is 0 Å². The predicted octanol–water partition coefficient (Wildman–Crippen LogP) is 4.39. The lowest BCUT2D eigenvalue weighted by atomic mass is 10.0. The van der Waals surface area contributed by atoms with Crippen LogP contribution in [0.2, 0.25) is 0 Å². The maximum absolute atomic E-state index is 12.4. The number of benzene rings is 2. The van der Waals surface area contributed by atoms with E-state index in [4.69, 9.17) is 4.74 Å². The topological polar surface area (TPSA) is 59.2 Å². The Kier molecular flexibility index (Phi) is 4.01. The zero-order chi connectivity index (χ0) is 17.4. The van der Waals surface area contributed by atoms with Crippen molar-refractivity contribution in [1.82, 2.24) is 4.98 Å². The Hall–Kier alpha value is -2.66. The van der Waals surface area contributed by atoms with E-state index in [2.05, 4.69) is 33.0 Å². The van der Waals surface area contributed by atoms with Crippen LogP contribution < -0.4 is 0 Å². The minimum atomic E-state index is -0.550. The normalized spacial score (nSPS) is 11.7. The first kappa shape index (κ1) is 15.8. The number of H-pyrrole nitrogens is 1. The first-order valence-electron chi connectivity index (χ1n) is 7.87. The molecule has 0 atom stereocenters. The fourth-order valence-electron chi connectivity index (χ4n) is 3.08. The third-order valence-corrected chi connectivity index (χ3v) is 4.78. The van der Waals surface area contributed by atoms with Crippen molar-refractivity contribution in [2.75, 3.05) is 6.61 Å². The highest BCUT2D eigenvalue weighted by Gasteiger charge is 2.20. The number of Topliss-reactive ketones (excluding diaryl/α,β-unsaturated/α-hetero) is 1. The molecule has 0 unspecified atom stereocenters. The van der Waals surface area contributed by atoms with Gasteiger partial charge in [-0.15, -0.1) is 0 Å². The average molecular weight is 396 g/mol. The molecule has 1 aliphatic rings. The highest BCUT2D eigenvalue weighted by molar-refractivity contribution is 9.10. The highest BCUT2D eigenvalue weighted by atomic mass is 79.9. The molecule has 1 aromatic heterocycles. The molecule has 25 heavy (non-hydrogen) atoms. The van der Waals surface area contributed by atoms with E-state index in [-0.39, 0.29) is 12.4 Å². The number of hydrogen-bond acceptors (Lipinski definition) is 3. The molecule has 3 aromatic rings. The molecule has 0 spiro atoms. The van der Waals surface area contributed by atoms with E-state index in [1.165, 1.54) is 16.7 Å². The SMILES string of the molecule is O=C(COC(=O)c1cc(Br)c[nH]1)c1ccc2c(c1)-c1ccccc1C2. The van der Waals surface area contributed by atoms with Crippen molar-refractivity contribution in [3.8, 4) is 11.1 Å². The summed E-state index contributed by atoms with van der Waals surface area (Å²) in [7, 11) is 0. The van der Waals surface area contributed by atoms with Gasteiger partial charge in [0.25, 0.3) is 0 Å². The second-order valence-corrected chi connectivity index (χ2v) is 6.85. The van der Waals surface area contributed by atoms with Gasteiger partial charge in [0.2, 0.25) is 0 Å². The predicted molar refractivity (Wildman–Crippen MR) is 97.8 cm³/mol. The van der Waals surface area contributed by atoms with E-state index < -0.39 is 5.97 Å². The summed E-state index contributed by atoms with van der Waals surface area (Å²) in [6.45, 7) is -0.282. The molecule has 0 saturated heterocycles. The van der Waals surface area contributed by atoms with Crippen LogP contribution in [-0.2, 0) is 11.2 Å². The van der Waals surface area contributed by atoms with Crippen molar-refractivity contribution >= 4 is 27.7 Å². The van der Waals surface area contributed by atoms with Crippen LogP contribution in [0.4, 0.5) is 0 Å². The smallest absolute Gasteiger partial charge is 0.355 e. The standard InChI is InChI=1S/C20H14BrNO3/c21-15-9-18(22-10-15)20(24)25-11-19(23)14-6-5-13-7-12-3-1-2-4-16(12)17(13)8-14/h1-6,8-10,22H,7,11H2. The number of aromatic amines is 1. The van der Waals surface area contributed by atoms with Gasteiger partial charge in [-0.1, -0.05) is 36.4 Å². The van der Waals surface area contributed by atoms with E-state index in [1.807, 2.05) is 24.3 Å². The number of carbonyl (C=O) groups excluding carboxylic acids is 2. The van der Waals surface area contributed by atoms with Gasteiger partial charge in [-0.3, -0.25) is 4.79 Å². The fourth-order valence-corrected chi connectivity index (χ4v) is 3.42. The third-order valence-electron chi connectivity index (χ3n) is 4.32. The minimum absolute atomic E-state index is 0.217. The van der Waals surface area contributed by atoms with Gasteiger partial charge in [-0.05, 0) is 56.7 Å². The largest absolute Gasteiger partial charge is 0.453 e. The molecule has 124 valence electrons. The first-order valence-corrected chi connectivity index (χ1v) is 8.66. The number of halogens is 1. The van der Waals surface area contributed by atoms with Gasteiger partial charge in [0, 0.05) is 16.2 Å². The third kappa shape index (κ3) is 3.03. The van der Waals surface area contributed by atoms with Gasteiger partial charge >= 0.3 is 5.97 Å². The van der Waals surface area contributed by atoms with Crippen molar-refractivity contribution < 1.29 is 14.3 Å². The Balaban J connectivity index is 1.50. The Morgan fingerprint density at radius 2 is 1.84 bits per heavy atom. The number of ether oxygens (including phenoxy) is 1. The van der Waals surface area contributed by atoms with Crippen LogP contribution in [0.1, 0.15) is 32.0 Å². The van der Waals surface area contributed by atoms with E-state index in [0.29, 0.717) is 11.3 Å². The molecule has 1 heterocycles. The minimum Gasteiger partial charge on any atom is -0.453 e. The molecular formula is C20H14BrNO3. The molecule has 0 bridgehead atoms. The van der Waals surface area contributed by atoms with Crippen LogP contribution in [0.5, 0.6) is 0 Å². The van der Waals surface area contributed by atoms with Crippen molar-refractivity contribution in [3.05, 3.63) is 81.6 Å². The molecule has 5 heteroatoms. The number of fused-ring (bicyclic) bond motifs is 3. The summed E-state index contributed by atoms with van der Waals surface area (Å²) < 4.78 is 5.86. The van der Waals surface area contributed by atoms with E-state index in [1.54, 1.807) is 18.3 Å². The van der Waals surface area contributed by atoms with Crippen molar-refractivity contribution in [2.45, 2.75) is 6.42 Å². The second kappa shape index (κ2) is 6.33. The van der Waals surface area contributed by atoms with Crippen molar-refractivity contribution in [2.24, 2.45) is 0 Å². The first-order chi connectivity index (χ1) is 12.1. The molecule has 0 fully saturated rings. The van der Waals surface area contributed by atoms with Crippen LogP contribution in [0.3, 0.4) is 0 Å². The van der Waals surface area contributed by atoms with Crippen LogP contribution >= 0.6 is 15.9 Å². The molecule has 4 nitrogen and oxygen atoms in total. The molecule has 0 aliphatic heterocycles. The molecule has 1 N–H and O–H groups in total. The maximum atomic E-state index is 12.4. The van der Waals surface area contributed by atoms with Crippen LogP contribution in [0.25, 0.3) is 11.1 Å². The summed E-state index contributed by atoms with van der Waals surface area (Å²) in [6.07, 6.45) is 2.52. The monoisotopic (exact) mass is 395 g/mol. The Bertz CT molecular complexity index is 990. The van der Waals surface area contributed by atoms with E-state index in [9.17, 15) is 9.59 Å². The summed E-state index contributed by atoms with van der Waals surface area (Å²) in [5.41, 5.74) is 5.59. The molecule has 0 saturated carbocycles. The molecule has 4 rings (SSSR count). The quantitative estimate of drug-likeness (QED) is 0.411. The van der Waals surface area contributed by atoms with E-state index in [0.717, 1.165) is 16.5 Å². The van der Waals surface area contributed by atoms with Crippen molar-refractivity contribution in [1.29, 1.82) is 0 Å². The van der Waals surface area contributed by atoms with Crippen LogP contribution in [0, 0.1) is 0 Å². The molecule has 0 radical (unpaired) electrons. The van der Waals surface area contributed by atoms with Gasteiger partial charge in [0.15, 0.2) is 12.4 Å². The Labute approximate surface area is 153 Å². The molecule has 1 aliphatic carbocycles. The number of nitrogens with one attached hydrogen (secondary N) is 1. The lowest BCUT2D eigenvalue weighted by Crippen LogP contribution is -2.14. The van der Waals surface area contributed by atoms with Crippen molar-refractivity contribution in [3.63, 3.8) is 0 Å².